The number of ketones is 1. The topological polar surface area (TPSA) is 80.4 Å². The summed E-state index contributed by atoms with van der Waals surface area (Å²) in [5.74, 6) is -1.11. The van der Waals surface area contributed by atoms with Gasteiger partial charge in [-0.1, -0.05) is 15.9 Å². The summed E-state index contributed by atoms with van der Waals surface area (Å²) in [6.07, 6.45) is 0.847. The lowest BCUT2D eigenvalue weighted by atomic mass is 9.77. The molecule has 1 saturated carbocycles. The summed E-state index contributed by atoms with van der Waals surface area (Å²) >= 11 is 3.09. The highest BCUT2D eigenvalue weighted by molar-refractivity contribution is 9.09. The third kappa shape index (κ3) is 2.54. The third-order valence-electron chi connectivity index (χ3n) is 2.77. The van der Waals surface area contributed by atoms with Crippen molar-refractivity contribution in [3.63, 3.8) is 0 Å². The second-order valence-electron chi connectivity index (χ2n) is 3.69. The van der Waals surface area contributed by atoms with E-state index in [0.717, 1.165) is 0 Å². The number of carbonyl (C=O) groups is 2. The molecule has 1 fully saturated rings. The maximum absolute atomic E-state index is 11.4. The zero-order valence-electron chi connectivity index (χ0n) is 7.78. The van der Waals surface area contributed by atoms with Crippen LogP contribution in [0.25, 0.3) is 0 Å². The van der Waals surface area contributed by atoms with Crippen LogP contribution in [0.15, 0.2) is 0 Å². The van der Waals surface area contributed by atoms with Gasteiger partial charge in [-0.05, 0) is 19.3 Å². The van der Waals surface area contributed by atoms with E-state index < -0.39 is 17.9 Å². The first-order valence-corrected chi connectivity index (χ1v) is 5.74. The number of rotatable bonds is 3. The van der Waals surface area contributed by atoms with Crippen LogP contribution in [0.4, 0.5) is 0 Å². The highest BCUT2D eigenvalue weighted by Crippen LogP contribution is 2.30. The van der Waals surface area contributed by atoms with Crippen LogP contribution in [-0.4, -0.2) is 28.2 Å². The van der Waals surface area contributed by atoms with E-state index in [4.69, 9.17) is 5.73 Å². The van der Waals surface area contributed by atoms with Gasteiger partial charge in [-0.3, -0.25) is 9.59 Å². The van der Waals surface area contributed by atoms with Crippen LogP contribution in [0.3, 0.4) is 0 Å². The second-order valence-corrected chi connectivity index (χ2v) is 4.25. The first-order chi connectivity index (χ1) is 6.56. The average molecular weight is 264 g/mol. The Hall–Kier alpha value is -0.420. The summed E-state index contributed by atoms with van der Waals surface area (Å²) in [6.45, 7) is 0. The minimum atomic E-state index is -0.674. The monoisotopic (exact) mass is 263 g/mol. The molecule has 0 aliphatic heterocycles. The number of aliphatic hydroxyl groups excluding tert-OH is 1. The van der Waals surface area contributed by atoms with Gasteiger partial charge in [-0.25, -0.2) is 0 Å². The number of alkyl halides is 1. The minimum Gasteiger partial charge on any atom is -0.392 e. The van der Waals surface area contributed by atoms with Crippen molar-refractivity contribution in [3.8, 4) is 0 Å². The average Bonchev–Trinajstić information content (AvgIpc) is 2.17. The van der Waals surface area contributed by atoms with Gasteiger partial charge in [0.15, 0.2) is 0 Å². The molecule has 3 unspecified atom stereocenters. The molecule has 5 heteroatoms. The van der Waals surface area contributed by atoms with Gasteiger partial charge >= 0.3 is 0 Å². The largest absolute Gasteiger partial charge is 0.392 e. The number of carbonyl (C=O) groups excluding carboxylic acids is 2. The fourth-order valence-corrected chi connectivity index (χ4v) is 2.32. The van der Waals surface area contributed by atoms with Gasteiger partial charge in [0.1, 0.15) is 5.78 Å². The molecule has 80 valence electrons. The predicted octanol–water partition coefficient (Wildman–Crippen LogP) is 0.213. The van der Waals surface area contributed by atoms with Crippen molar-refractivity contribution in [2.24, 2.45) is 17.6 Å². The molecule has 0 aromatic heterocycles. The van der Waals surface area contributed by atoms with E-state index in [9.17, 15) is 14.7 Å². The number of Topliss-reactive ketones (excluding diaryl/α,β-unsaturated/α-hetero) is 1. The molecule has 1 aliphatic rings. The van der Waals surface area contributed by atoms with E-state index in [-0.39, 0.29) is 11.7 Å². The van der Waals surface area contributed by atoms with Crippen molar-refractivity contribution in [2.75, 3.05) is 5.33 Å². The SMILES string of the molecule is NC(=O)C1CC(C(=O)CBr)CCC1O. The highest BCUT2D eigenvalue weighted by atomic mass is 79.9. The Labute approximate surface area is 91.0 Å². The smallest absolute Gasteiger partial charge is 0.223 e. The molecule has 0 bridgehead atoms. The summed E-state index contributed by atoms with van der Waals surface area (Å²) in [5.41, 5.74) is 5.14. The first-order valence-electron chi connectivity index (χ1n) is 4.62. The van der Waals surface area contributed by atoms with E-state index in [1.54, 1.807) is 0 Å². The summed E-state index contributed by atoms with van der Waals surface area (Å²) in [4.78, 5) is 22.3. The Kier molecular flexibility index (Phi) is 4.07. The predicted molar refractivity (Wildman–Crippen MR) is 54.8 cm³/mol. The van der Waals surface area contributed by atoms with Gasteiger partial charge in [0.2, 0.25) is 5.91 Å². The molecule has 0 aromatic carbocycles. The molecule has 3 atom stereocenters. The van der Waals surface area contributed by atoms with E-state index in [2.05, 4.69) is 15.9 Å². The number of hydrogen-bond acceptors (Lipinski definition) is 3. The van der Waals surface area contributed by atoms with Gasteiger partial charge < -0.3 is 10.8 Å². The van der Waals surface area contributed by atoms with Crippen molar-refractivity contribution in [2.45, 2.75) is 25.4 Å². The van der Waals surface area contributed by atoms with Crippen LogP contribution < -0.4 is 5.73 Å². The Bertz CT molecular complexity index is 244. The van der Waals surface area contributed by atoms with Gasteiger partial charge in [0, 0.05) is 5.92 Å². The summed E-state index contributed by atoms with van der Waals surface area (Å²) in [5, 5.41) is 9.79. The fraction of sp³-hybridized carbons (Fsp3) is 0.778. The van der Waals surface area contributed by atoms with Crippen LogP contribution in [-0.2, 0) is 9.59 Å². The Morgan fingerprint density at radius 2 is 2.07 bits per heavy atom. The number of aliphatic hydroxyl groups is 1. The van der Waals surface area contributed by atoms with Crippen LogP contribution in [0.1, 0.15) is 19.3 Å². The normalized spacial score (nSPS) is 32.6. The third-order valence-corrected chi connectivity index (χ3v) is 3.32. The minimum absolute atomic E-state index is 0.0863. The van der Waals surface area contributed by atoms with Crippen LogP contribution in [0, 0.1) is 11.8 Å². The maximum Gasteiger partial charge on any atom is 0.223 e. The van der Waals surface area contributed by atoms with Crippen molar-refractivity contribution in [1.82, 2.24) is 0 Å². The molecule has 14 heavy (non-hydrogen) atoms. The molecule has 0 aromatic rings. The molecular weight excluding hydrogens is 250 g/mol. The van der Waals surface area contributed by atoms with Crippen molar-refractivity contribution >= 4 is 27.6 Å². The Morgan fingerprint density at radius 3 is 2.57 bits per heavy atom. The Morgan fingerprint density at radius 1 is 1.43 bits per heavy atom. The lowest BCUT2D eigenvalue weighted by Crippen LogP contribution is -2.40. The molecule has 0 heterocycles. The van der Waals surface area contributed by atoms with E-state index in [1.165, 1.54) is 0 Å². The van der Waals surface area contributed by atoms with Crippen molar-refractivity contribution in [1.29, 1.82) is 0 Å². The zero-order valence-corrected chi connectivity index (χ0v) is 9.37. The van der Waals surface area contributed by atoms with Crippen LogP contribution in [0.5, 0.6) is 0 Å². The number of halogens is 1. The second kappa shape index (κ2) is 4.89. The first kappa shape index (κ1) is 11.7. The summed E-state index contributed by atoms with van der Waals surface area (Å²) < 4.78 is 0. The highest BCUT2D eigenvalue weighted by Gasteiger charge is 2.35. The van der Waals surface area contributed by atoms with Crippen LogP contribution in [0.2, 0.25) is 0 Å². The number of primary amides is 1. The number of nitrogens with two attached hydrogens (primary N) is 1. The summed E-state index contributed by atoms with van der Waals surface area (Å²) in [6, 6.07) is 0. The van der Waals surface area contributed by atoms with Crippen molar-refractivity contribution in [3.05, 3.63) is 0 Å². The van der Waals surface area contributed by atoms with Gasteiger partial charge in [-0.2, -0.15) is 0 Å². The lowest BCUT2D eigenvalue weighted by molar-refractivity contribution is -0.130. The van der Waals surface area contributed by atoms with Gasteiger partial charge in [0.05, 0.1) is 17.4 Å². The summed E-state index contributed by atoms with van der Waals surface area (Å²) in [7, 11) is 0. The van der Waals surface area contributed by atoms with Crippen molar-refractivity contribution < 1.29 is 14.7 Å². The van der Waals surface area contributed by atoms with Gasteiger partial charge in [0.25, 0.3) is 0 Å². The fourth-order valence-electron chi connectivity index (χ4n) is 1.86. The van der Waals surface area contributed by atoms with E-state index >= 15 is 0 Å². The molecular formula is C9H14BrNO3. The molecule has 1 rings (SSSR count). The standard InChI is InChI=1S/C9H14BrNO3/c10-4-8(13)5-1-2-7(12)6(3-5)9(11)14/h5-7,12H,1-4H2,(H2,11,14). The van der Waals surface area contributed by atoms with E-state index in [1.807, 2.05) is 0 Å². The Balaban J connectivity index is 2.62. The molecule has 3 N–H and O–H groups in total. The number of hydrogen-bond donors (Lipinski definition) is 2. The molecule has 0 saturated heterocycles. The molecule has 0 radical (unpaired) electrons. The zero-order chi connectivity index (χ0) is 10.7. The maximum atomic E-state index is 11.4. The lowest BCUT2D eigenvalue weighted by Gasteiger charge is -2.30. The molecule has 0 spiro atoms. The van der Waals surface area contributed by atoms with Gasteiger partial charge in [-0.15, -0.1) is 0 Å². The number of amides is 1. The van der Waals surface area contributed by atoms with E-state index in [0.29, 0.717) is 24.6 Å². The molecule has 4 nitrogen and oxygen atoms in total. The quantitative estimate of drug-likeness (QED) is 0.715. The molecule has 1 aliphatic carbocycles. The molecule has 1 amide bonds. The van der Waals surface area contributed by atoms with Crippen LogP contribution >= 0.6 is 15.9 Å².